The summed E-state index contributed by atoms with van der Waals surface area (Å²) < 4.78 is 18.7. The first kappa shape index (κ1) is 22.5. The van der Waals surface area contributed by atoms with Crippen molar-refractivity contribution in [3.63, 3.8) is 0 Å². The summed E-state index contributed by atoms with van der Waals surface area (Å²) in [5.41, 5.74) is 0. The average molecular weight is 365 g/mol. The average Bonchev–Trinajstić information content (AvgIpc) is 2.30. The summed E-state index contributed by atoms with van der Waals surface area (Å²) >= 11 is 0. The van der Waals surface area contributed by atoms with E-state index in [9.17, 15) is 0 Å². The van der Waals surface area contributed by atoms with E-state index in [1.54, 1.807) is 0 Å². The zero-order valence-electron chi connectivity index (χ0n) is 16.5. The number of hydrogen-bond acceptors (Lipinski definition) is 3. The van der Waals surface area contributed by atoms with Crippen molar-refractivity contribution in [2.75, 3.05) is 13.2 Å². The van der Waals surface area contributed by atoms with Gasteiger partial charge >= 0.3 is 8.56 Å². The Balaban J connectivity index is 4.11. The SMILES string of the molecule is CC[Si](C)(C)O[Si](C)(C)O[Si](C)(C)CCCOCCC(C)C. The Labute approximate surface area is 142 Å². The first-order valence-corrected chi connectivity index (χ1v) is 17.9. The van der Waals surface area contributed by atoms with E-state index in [-0.39, 0.29) is 0 Å². The molecule has 6 heteroatoms. The van der Waals surface area contributed by atoms with Crippen LogP contribution in [0.5, 0.6) is 0 Å². The molecule has 0 aromatic rings. The van der Waals surface area contributed by atoms with E-state index in [1.807, 2.05) is 0 Å². The van der Waals surface area contributed by atoms with Crippen molar-refractivity contribution >= 4 is 25.2 Å². The van der Waals surface area contributed by atoms with Gasteiger partial charge < -0.3 is 13.0 Å². The van der Waals surface area contributed by atoms with Crippen LogP contribution in [0.3, 0.4) is 0 Å². The Morgan fingerprint density at radius 1 is 0.818 bits per heavy atom. The van der Waals surface area contributed by atoms with Crippen molar-refractivity contribution < 1.29 is 13.0 Å². The summed E-state index contributed by atoms with van der Waals surface area (Å²) in [6, 6.07) is 2.31. The Morgan fingerprint density at radius 3 is 1.86 bits per heavy atom. The molecule has 0 N–H and O–H groups in total. The Kier molecular flexibility index (Phi) is 9.97. The minimum Gasteiger partial charge on any atom is -0.437 e. The smallest absolute Gasteiger partial charge is 0.311 e. The molecule has 0 fully saturated rings. The van der Waals surface area contributed by atoms with E-state index in [0.717, 1.165) is 44.1 Å². The third-order valence-corrected chi connectivity index (χ3v) is 15.4. The molecule has 3 nitrogen and oxygen atoms in total. The Bertz CT molecular complexity index is 305. The molecule has 0 aromatic carbocycles. The lowest BCUT2D eigenvalue weighted by Crippen LogP contribution is -2.52. The molecule has 0 radical (unpaired) electrons. The maximum absolute atomic E-state index is 6.54. The summed E-state index contributed by atoms with van der Waals surface area (Å²) in [5, 5.41) is 0. The van der Waals surface area contributed by atoms with Crippen LogP contribution >= 0.6 is 0 Å². The Hall–Kier alpha value is 0.531. The van der Waals surface area contributed by atoms with Crippen molar-refractivity contribution in [2.24, 2.45) is 5.92 Å². The molecule has 134 valence electrons. The molecule has 0 atom stereocenters. The second-order valence-electron chi connectivity index (χ2n) is 8.38. The van der Waals surface area contributed by atoms with E-state index in [4.69, 9.17) is 13.0 Å². The third-order valence-electron chi connectivity index (χ3n) is 3.80. The van der Waals surface area contributed by atoms with Crippen molar-refractivity contribution in [2.45, 2.75) is 85.0 Å². The van der Waals surface area contributed by atoms with Crippen molar-refractivity contribution in [3.05, 3.63) is 0 Å². The number of ether oxygens (including phenoxy) is 1. The minimum atomic E-state index is -2.00. The molecular weight excluding hydrogens is 324 g/mol. The molecule has 0 heterocycles. The highest BCUT2D eigenvalue weighted by atomic mass is 28.5. The third kappa shape index (κ3) is 12.0. The van der Waals surface area contributed by atoms with E-state index < -0.39 is 25.2 Å². The van der Waals surface area contributed by atoms with Crippen LogP contribution in [0.25, 0.3) is 0 Å². The molecule has 0 aliphatic heterocycles. The van der Waals surface area contributed by atoms with Crippen molar-refractivity contribution in [1.82, 2.24) is 0 Å². The molecule has 0 saturated carbocycles. The van der Waals surface area contributed by atoms with Crippen LogP contribution in [0.4, 0.5) is 0 Å². The maximum Gasteiger partial charge on any atom is 0.311 e. The van der Waals surface area contributed by atoms with Gasteiger partial charge in [-0.1, -0.05) is 20.8 Å². The van der Waals surface area contributed by atoms with Crippen LogP contribution in [0.15, 0.2) is 0 Å². The van der Waals surface area contributed by atoms with Crippen LogP contribution in [0, 0.1) is 5.92 Å². The highest BCUT2D eigenvalue weighted by Gasteiger charge is 2.38. The van der Waals surface area contributed by atoms with Gasteiger partial charge in [-0.25, -0.2) is 0 Å². The molecule has 0 bridgehead atoms. The number of rotatable bonds is 12. The molecule has 0 amide bonds. The quantitative estimate of drug-likeness (QED) is 0.333. The highest BCUT2D eigenvalue weighted by molar-refractivity contribution is 6.87. The second kappa shape index (κ2) is 9.74. The van der Waals surface area contributed by atoms with Gasteiger partial charge in [0.2, 0.25) is 0 Å². The van der Waals surface area contributed by atoms with Crippen LogP contribution in [-0.4, -0.2) is 38.4 Å². The lowest BCUT2D eigenvalue weighted by molar-refractivity contribution is 0.123. The topological polar surface area (TPSA) is 27.7 Å². The standard InChI is InChI=1S/C16H40O3Si3/c1-10-20(4,5)18-22(8,9)19-21(6,7)15-11-13-17-14-12-16(2)3/h16H,10-15H2,1-9H3. The largest absolute Gasteiger partial charge is 0.437 e. The first-order valence-electron chi connectivity index (χ1n) is 8.87. The van der Waals surface area contributed by atoms with Gasteiger partial charge in [0, 0.05) is 13.2 Å². The molecule has 0 rings (SSSR count). The summed E-state index contributed by atoms with van der Waals surface area (Å²) in [7, 11) is -5.19. The fourth-order valence-corrected chi connectivity index (χ4v) is 15.7. The molecule has 0 aromatic heterocycles. The van der Waals surface area contributed by atoms with E-state index in [2.05, 4.69) is 60.1 Å². The van der Waals surface area contributed by atoms with E-state index in [0.29, 0.717) is 0 Å². The van der Waals surface area contributed by atoms with Gasteiger partial charge in [-0.15, -0.1) is 0 Å². The fourth-order valence-electron chi connectivity index (χ4n) is 2.50. The summed E-state index contributed by atoms with van der Waals surface area (Å²) in [6.07, 6.45) is 2.26. The number of hydrogen-bond donors (Lipinski definition) is 0. The normalized spacial score (nSPS) is 13.9. The van der Waals surface area contributed by atoms with Gasteiger partial charge in [-0.3, -0.25) is 0 Å². The van der Waals surface area contributed by atoms with Gasteiger partial charge in [0.15, 0.2) is 16.6 Å². The molecule has 0 aliphatic rings. The monoisotopic (exact) mass is 364 g/mol. The molecule has 0 spiro atoms. The van der Waals surface area contributed by atoms with Gasteiger partial charge in [0.25, 0.3) is 0 Å². The molecule has 0 aliphatic carbocycles. The van der Waals surface area contributed by atoms with Gasteiger partial charge in [0.05, 0.1) is 0 Å². The maximum atomic E-state index is 6.54. The lowest BCUT2D eigenvalue weighted by Gasteiger charge is -2.38. The van der Waals surface area contributed by atoms with Gasteiger partial charge in [0.1, 0.15) is 0 Å². The van der Waals surface area contributed by atoms with Crippen LogP contribution in [0.2, 0.25) is 51.4 Å². The molecule has 22 heavy (non-hydrogen) atoms. The highest BCUT2D eigenvalue weighted by Crippen LogP contribution is 2.25. The predicted molar refractivity (Wildman–Crippen MR) is 105 cm³/mol. The molecule has 0 saturated heterocycles. The lowest BCUT2D eigenvalue weighted by atomic mass is 10.1. The van der Waals surface area contributed by atoms with Gasteiger partial charge in [-0.2, -0.15) is 0 Å². The van der Waals surface area contributed by atoms with Gasteiger partial charge in [-0.05, 0) is 70.1 Å². The minimum absolute atomic E-state index is 0.726. The summed E-state index contributed by atoms with van der Waals surface area (Å²) in [5.74, 6) is 0.726. The van der Waals surface area contributed by atoms with Crippen molar-refractivity contribution in [1.29, 1.82) is 0 Å². The van der Waals surface area contributed by atoms with Crippen LogP contribution < -0.4 is 0 Å². The second-order valence-corrected chi connectivity index (χ2v) is 21.1. The van der Waals surface area contributed by atoms with Crippen LogP contribution in [0.1, 0.15) is 33.6 Å². The van der Waals surface area contributed by atoms with E-state index in [1.165, 1.54) is 0 Å². The molecule has 0 unspecified atom stereocenters. The summed E-state index contributed by atoms with van der Waals surface area (Å²) in [4.78, 5) is 0. The zero-order valence-corrected chi connectivity index (χ0v) is 19.5. The first-order chi connectivity index (χ1) is 9.89. The zero-order chi connectivity index (χ0) is 17.4. The predicted octanol–water partition coefficient (Wildman–Crippen LogP) is 5.60. The van der Waals surface area contributed by atoms with Crippen molar-refractivity contribution in [3.8, 4) is 0 Å². The van der Waals surface area contributed by atoms with Crippen LogP contribution in [-0.2, 0) is 13.0 Å². The molecular formula is C16H40O3Si3. The summed E-state index contributed by atoms with van der Waals surface area (Å²) in [6.45, 7) is 22.1. The Morgan fingerprint density at radius 2 is 1.36 bits per heavy atom. The van der Waals surface area contributed by atoms with E-state index >= 15 is 0 Å². The fraction of sp³-hybridized carbons (Fsp3) is 1.00.